The summed E-state index contributed by atoms with van der Waals surface area (Å²) in [5, 5.41) is 14.6. The Morgan fingerprint density at radius 1 is 1.00 bits per heavy atom. The number of thioether (sulfide) groups is 1. The lowest BCUT2D eigenvalue weighted by Gasteiger charge is -2.17. The van der Waals surface area contributed by atoms with E-state index in [9.17, 15) is 23.3 Å². The van der Waals surface area contributed by atoms with Crippen LogP contribution in [0.5, 0.6) is 0 Å². The fraction of sp³-hybridized carbons (Fsp3) is 0.240. The zero-order valence-corrected chi connectivity index (χ0v) is 21.1. The third-order valence-electron chi connectivity index (χ3n) is 5.73. The number of hydrogen-bond acceptors (Lipinski definition) is 8. The van der Waals surface area contributed by atoms with Crippen LogP contribution in [0.15, 0.2) is 82.6 Å². The molecule has 1 heterocycles. The van der Waals surface area contributed by atoms with Crippen LogP contribution < -0.4 is 14.9 Å². The average Bonchev–Trinajstić information content (AvgIpc) is 3.42. The second-order valence-electron chi connectivity index (χ2n) is 8.20. The Kier molecular flexibility index (Phi) is 8.11. The minimum atomic E-state index is -4.31. The van der Waals surface area contributed by atoms with Gasteiger partial charge in [-0.2, -0.15) is 0 Å². The summed E-state index contributed by atoms with van der Waals surface area (Å²) < 4.78 is 27.6. The molecule has 1 aliphatic heterocycles. The molecule has 36 heavy (non-hydrogen) atoms. The van der Waals surface area contributed by atoms with Crippen molar-refractivity contribution in [3.8, 4) is 0 Å². The molecule has 2 N–H and O–H groups in total. The first-order chi connectivity index (χ1) is 17.3. The normalized spacial score (nSPS) is 13.4. The van der Waals surface area contributed by atoms with Crippen molar-refractivity contribution in [1.29, 1.82) is 0 Å². The Morgan fingerprint density at radius 3 is 2.36 bits per heavy atom. The number of nitrogens with one attached hydrogen (secondary N) is 2. The van der Waals surface area contributed by atoms with Gasteiger partial charge in [-0.15, -0.1) is 11.8 Å². The van der Waals surface area contributed by atoms with E-state index >= 15 is 0 Å². The van der Waals surface area contributed by atoms with Crippen molar-refractivity contribution in [2.45, 2.75) is 22.6 Å². The molecule has 1 fully saturated rings. The number of anilines is 2. The molecule has 0 bridgehead atoms. The van der Waals surface area contributed by atoms with Gasteiger partial charge in [0.05, 0.1) is 9.82 Å². The molecule has 0 unspecified atom stereocenters. The van der Waals surface area contributed by atoms with Crippen molar-refractivity contribution in [2.24, 2.45) is 0 Å². The van der Waals surface area contributed by atoms with Gasteiger partial charge in [-0.25, -0.2) is 13.1 Å². The molecule has 4 rings (SSSR count). The van der Waals surface area contributed by atoms with E-state index in [1.807, 2.05) is 35.1 Å². The Bertz CT molecular complexity index is 1330. The van der Waals surface area contributed by atoms with Crippen LogP contribution in [-0.2, 0) is 10.0 Å². The summed E-state index contributed by atoms with van der Waals surface area (Å²) >= 11 is 1.60. The van der Waals surface area contributed by atoms with Crippen molar-refractivity contribution < 1.29 is 18.1 Å². The van der Waals surface area contributed by atoms with Crippen LogP contribution in [0.25, 0.3) is 0 Å². The third-order valence-corrected chi connectivity index (χ3v) is 8.08. The second-order valence-corrected chi connectivity index (χ2v) is 11.1. The first-order valence-electron chi connectivity index (χ1n) is 11.5. The van der Waals surface area contributed by atoms with E-state index in [1.54, 1.807) is 36.0 Å². The Morgan fingerprint density at radius 2 is 1.69 bits per heavy atom. The molecule has 3 aromatic rings. The lowest BCUT2D eigenvalue weighted by molar-refractivity contribution is -0.384. The smallest absolute Gasteiger partial charge is 0.293 e. The molecule has 1 amide bonds. The number of benzene rings is 3. The molecule has 1 saturated heterocycles. The fourth-order valence-corrected chi connectivity index (χ4v) is 5.67. The highest BCUT2D eigenvalue weighted by Crippen LogP contribution is 2.28. The molecule has 0 aliphatic carbocycles. The SMILES string of the molecule is O=C(NS(=O)(=O)c1ccc(NCCSc2ccccc2)c([N+](=O)[O-])c1)c1ccc(N2CCCC2)cc1. The van der Waals surface area contributed by atoms with Crippen molar-refractivity contribution in [3.05, 3.63) is 88.5 Å². The van der Waals surface area contributed by atoms with E-state index in [0.29, 0.717) is 12.3 Å². The maximum Gasteiger partial charge on any atom is 0.293 e. The van der Waals surface area contributed by atoms with E-state index in [2.05, 4.69) is 10.2 Å². The first-order valence-corrected chi connectivity index (χ1v) is 13.9. The maximum absolute atomic E-state index is 12.8. The van der Waals surface area contributed by atoms with Crippen LogP contribution in [0.3, 0.4) is 0 Å². The fourth-order valence-electron chi connectivity index (χ4n) is 3.89. The zero-order valence-electron chi connectivity index (χ0n) is 19.4. The number of hydrogen-bond donors (Lipinski definition) is 2. The van der Waals surface area contributed by atoms with Gasteiger partial charge in [0.1, 0.15) is 5.69 Å². The minimum Gasteiger partial charge on any atom is -0.379 e. The van der Waals surface area contributed by atoms with Gasteiger partial charge in [0.2, 0.25) is 0 Å². The Labute approximate surface area is 214 Å². The van der Waals surface area contributed by atoms with Crippen LogP contribution in [-0.4, -0.2) is 44.6 Å². The molecule has 1 aliphatic rings. The summed E-state index contributed by atoms with van der Waals surface area (Å²) in [6.45, 7) is 2.35. The van der Waals surface area contributed by atoms with Crippen LogP contribution >= 0.6 is 11.8 Å². The number of nitrogens with zero attached hydrogens (tertiary/aromatic N) is 2. The zero-order chi connectivity index (χ0) is 25.5. The van der Waals surface area contributed by atoms with Crippen LogP contribution in [0.1, 0.15) is 23.2 Å². The summed E-state index contributed by atoms with van der Waals surface area (Å²) in [6.07, 6.45) is 2.24. The number of nitro groups is 1. The van der Waals surface area contributed by atoms with Crippen molar-refractivity contribution in [2.75, 3.05) is 35.6 Å². The number of amides is 1. The molecule has 3 aromatic carbocycles. The van der Waals surface area contributed by atoms with Crippen LogP contribution in [0.2, 0.25) is 0 Å². The van der Waals surface area contributed by atoms with E-state index in [0.717, 1.165) is 42.6 Å². The molecule has 0 radical (unpaired) electrons. The largest absolute Gasteiger partial charge is 0.379 e. The Balaban J connectivity index is 1.41. The lowest BCUT2D eigenvalue weighted by atomic mass is 10.2. The van der Waals surface area contributed by atoms with Gasteiger partial charge in [-0.1, -0.05) is 18.2 Å². The van der Waals surface area contributed by atoms with Gasteiger partial charge in [-0.3, -0.25) is 14.9 Å². The van der Waals surface area contributed by atoms with Crippen LogP contribution in [0.4, 0.5) is 17.1 Å². The quantitative estimate of drug-likeness (QED) is 0.171. The lowest BCUT2D eigenvalue weighted by Crippen LogP contribution is -2.30. The highest BCUT2D eigenvalue weighted by atomic mass is 32.2. The van der Waals surface area contributed by atoms with Gasteiger partial charge in [0.15, 0.2) is 0 Å². The van der Waals surface area contributed by atoms with Crippen molar-refractivity contribution in [3.63, 3.8) is 0 Å². The monoisotopic (exact) mass is 526 g/mol. The minimum absolute atomic E-state index is 0.185. The summed E-state index contributed by atoms with van der Waals surface area (Å²) in [5.41, 5.74) is 0.986. The van der Waals surface area contributed by atoms with Gasteiger partial charge in [0.25, 0.3) is 21.6 Å². The van der Waals surface area contributed by atoms with E-state index in [4.69, 9.17) is 0 Å². The highest BCUT2D eigenvalue weighted by molar-refractivity contribution is 7.99. The van der Waals surface area contributed by atoms with Crippen LogP contribution in [0, 0.1) is 10.1 Å². The molecular formula is C25H26N4O5S2. The van der Waals surface area contributed by atoms with Gasteiger partial charge in [-0.05, 0) is 61.4 Å². The standard InChI is InChI=1S/C25H26N4O5S2/c30-25(19-8-10-20(11-9-19)28-15-4-5-16-28)27-36(33,34)22-12-13-23(24(18-22)29(31)32)26-14-17-35-21-6-2-1-3-7-21/h1-3,6-13,18,26H,4-5,14-17H2,(H,27,30). The third kappa shape index (κ3) is 6.35. The van der Waals surface area contributed by atoms with Gasteiger partial charge in [0, 0.05) is 47.6 Å². The molecule has 188 valence electrons. The molecule has 0 spiro atoms. The molecule has 0 aromatic heterocycles. The highest BCUT2D eigenvalue weighted by Gasteiger charge is 2.24. The second kappa shape index (κ2) is 11.4. The maximum atomic E-state index is 12.8. The molecular weight excluding hydrogens is 500 g/mol. The van der Waals surface area contributed by atoms with E-state index < -0.39 is 20.9 Å². The topological polar surface area (TPSA) is 122 Å². The van der Waals surface area contributed by atoms with E-state index in [-0.39, 0.29) is 21.8 Å². The predicted octanol–water partition coefficient (Wildman–Crippen LogP) is 4.52. The molecule has 9 nitrogen and oxygen atoms in total. The summed E-state index contributed by atoms with van der Waals surface area (Å²) in [7, 11) is -4.31. The number of sulfonamides is 1. The summed E-state index contributed by atoms with van der Waals surface area (Å²) in [4.78, 5) is 26.5. The number of rotatable bonds is 10. The molecule has 11 heteroatoms. The van der Waals surface area contributed by atoms with Gasteiger partial charge >= 0.3 is 0 Å². The molecule has 0 atom stereocenters. The van der Waals surface area contributed by atoms with Crippen molar-refractivity contribution in [1.82, 2.24) is 4.72 Å². The average molecular weight is 527 g/mol. The van der Waals surface area contributed by atoms with Gasteiger partial charge < -0.3 is 10.2 Å². The van der Waals surface area contributed by atoms with E-state index in [1.165, 1.54) is 12.1 Å². The number of carbonyl (C=O) groups excluding carboxylic acids is 1. The Hall–Kier alpha value is -3.57. The number of carbonyl (C=O) groups is 1. The summed E-state index contributed by atoms with van der Waals surface area (Å²) in [5.74, 6) is -0.140. The van der Waals surface area contributed by atoms with Crippen molar-refractivity contribution >= 4 is 44.8 Å². The number of nitro benzene ring substituents is 1. The predicted molar refractivity (Wildman–Crippen MR) is 141 cm³/mol. The first kappa shape index (κ1) is 25.5. The summed E-state index contributed by atoms with van der Waals surface area (Å²) in [6, 6.07) is 20.0. The molecule has 0 saturated carbocycles.